The van der Waals surface area contributed by atoms with Crippen molar-refractivity contribution >= 4 is 11.9 Å². The Bertz CT molecular complexity index is 587. The molecule has 7 heteroatoms. The number of β-amino-alcohol motifs (C(OH)–C–C–N with tert-alkyl or cyclic N) is 1. The van der Waals surface area contributed by atoms with Crippen molar-refractivity contribution in [1.82, 2.24) is 14.9 Å². The molecule has 1 aromatic heterocycles. The lowest BCUT2D eigenvalue weighted by atomic mass is 9.71. The number of hydrogen-bond acceptors (Lipinski definition) is 6. The van der Waals surface area contributed by atoms with Gasteiger partial charge in [0.15, 0.2) is 0 Å². The Kier molecular flexibility index (Phi) is 4.89. The topological polar surface area (TPSA) is 78.8 Å². The molecule has 1 N–H and O–H groups in total. The van der Waals surface area contributed by atoms with Crippen LogP contribution in [-0.2, 0) is 4.79 Å². The van der Waals surface area contributed by atoms with E-state index < -0.39 is 6.10 Å². The van der Waals surface area contributed by atoms with Crippen LogP contribution in [0.1, 0.15) is 33.1 Å². The van der Waals surface area contributed by atoms with Gasteiger partial charge in [0.1, 0.15) is 0 Å². The number of amides is 1. The molecule has 0 aliphatic carbocycles. The highest BCUT2D eigenvalue weighted by molar-refractivity contribution is 5.73. The molecule has 132 valence electrons. The van der Waals surface area contributed by atoms with Crippen LogP contribution in [-0.4, -0.2) is 64.8 Å². The first-order chi connectivity index (χ1) is 11.5. The minimum atomic E-state index is -0.424. The number of rotatable bonds is 3. The summed E-state index contributed by atoms with van der Waals surface area (Å²) in [6.07, 6.45) is 3.92. The number of likely N-dealkylation sites (tertiary alicyclic amines) is 1. The third kappa shape index (κ3) is 3.61. The summed E-state index contributed by atoms with van der Waals surface area (Å²) >= 11 is 0. The van der Waals surface area contributed by atoms with E-state index in [4.69, 9.17) is 4.74 Å². The van der Waals surface area contributed by atoms with Crippen LogP contribution in [0.25, 0.3) is 0 Å². The van der Waals surface area contributed by atoms with Gasteiger partial charge in [0.05, 0.1) is 12.7 Å². The van der Waals surface area contributed by atoms with E-state index in [0.29, 0.717) is 25.0 Å². The molecule has 0 saturated carbocycles. The number of ether oxygens (including phenoxy) is 1. The lowest BCUT2D eigenvalue weighted by Gasteiger charge is -2.49. The molecule has 1 amide bonds. The second-order valence-electron chi connectivity index (χ2n) is 6.87. The molecular weight excluding hydrogens is 308 g/mol. The van der Waals surface area contributed by atoms with E-state index in [-0.39, 0.29) is 11.3 Å². The number of aromatic nitrogens is 2. The minimum Gasteiger partial charge on any atom is -0.478 e. The maximum Gasteiger partial charge on any atom is 0.228 e. The molecular formula is C17H26N4O3. The normalized spacial score (nSPS) is 23.4. The summed E-state index contributed by atoms with van der Waals surface area (Å²) in [6.45, 7) is 6.95. The average molecular weight is 334 g/mol. The molecule has 2 saturated heterocycles. The second-order valence-corrected chi connectivity index (χ2v) is 6.87. The van der Waals surface area contributed by atoms with Crippen LogP contribution in [0.5, 0.6) is 5.88 Å². The third-order valence-electron chi connectivity index (χ3n) is 5.09. The number of carbonyl (C=O) groups is 1. The smallest absolute Gasteiger partial charge is 0.228 e. The van der Waals surface area contributed by atoms with Gasteiger partial charge >= 0.3 is 0 Å². The predicted octanol–water partition coefficient (Wildman–Crippen LogP) is 1.07. The van der Waals surface area contributed by atoms with Crippen molar-refractivity contribution in [3.05, 3.63) is 12.3 Å². The number of anilines is 1. The zero-order valence-electron chi connectivity index (χ0n) is 14.4. The summed E-state index contributed by atoms with van der Waals surface area (Å²) in [7, 11) is 0. The van der Waals surface area contributed by atoms with Crippen molar-refractivity contribution in [3.8, 4) is 5.88 Å². The van der Waals surface area contributed by atoms with Gasteiger partial charge in [-0.2, -0.15) is 4.98 Å². The quantitative estimate of drug-likeness (QED) is 0.891. The van der Waals surface area contributed by atoms with Crippen LogP contribution in [0, 0.1) is 5.41 Å². The van der Waals surface area contributed by atoms with Gasteiger partial charge in [0.25, 0.3) is 0 Å². The van der Waals surface area contributed by atoms with E-state index in [2.05, 4.69) is 14.9 Å². The molecule has 0 aromatic carbocycles. The Morgan fingerprint density at radius 3 is 2.88 bits per heavy atom. The molecule has 1 aromatic rings. The van der Waals surface area contributed by atoms with Gasteiger partial charge in [-0.05, 0) is 31.6 Å². The van der Waals surface area contributed by atoms with E-state index in [9.17, 15) is 9.90 Å². The molecule has 2 aliphatic heterocycles. The third-order valence-corrected chi connectivity index (χ3v) is 5.09. The maximum atomic E-state index is 11.7. The summed E-state index contributed by atoms with van der Waals surface area (Å²) in [4.78, 5) is 24.5. The highest BCUT2D eigenvalue weighted by Crippen LogP contribution is 2.40. The summed E-state index contributed by atoms with van der Waals surface area (Å²) in [5.41, 5.74) is 0.0113. The van der Waals surface area contributed by atoms with E-state index in [1.165, 1.54) is 0 Å². The van der Waals surface area contributed by atoms with Crippen molar-refractivity contribution in [2.45, 2.75) is 39.2 Å². The van der Waals surface area contributed by atoms with Crippen molar-refractivity contribution in [2.24, 2.45) is 5.41 Å². The molecule has 1 unspecified atom stereocenters. The van der Waals surface area contributed by atoms with Crippen LogP contribution in [0.15, 0.2) is 12.3 Å². The molecule has 3 rings (SSSR count). The molecule has 1 atom stereocenters. The average Bonchev–Trinajstić information content (AvgIpc) is 2.55. The highest BCUT2D eigenvalue weighted by Gasteiger charge is 2.42. The Morgan fingerprint density at radius 1 is 1.46 bits per heavy atom. The molecule has 1 spiro atoms. The largest absolute Gasteiger partial charge is 0.478 e. The Morgan fingerprint density at radius 2 is 2.21 bits per heavy atom. The monoisotopic (exact) mass is 334 g/mol. The van der Waals surface area contributed by atoms with Gasteiger partial charge < -0.3 is 19.6 Å². The first-order valence-corrected chi connectivity index (χ1v) is 8.66. The molecule has 0 bridgehead atoms. The van der Waals surface area contributed by atoms with Crippen molar-refractivity contribution in [3.63, 3.8) is 0 Å². The Labute approximate surface area is 142 Å². The van der Waals surface area contributed by atoms with Gasteiger partial charge in [-0.25, -0.2) is 4.98 Å². The zero-order valence-corrected chi connectivity index (χ0v) is 14.4. The molecule has 3 heterocycles. The predicted molar refractivity (Wildman–Crippen MR) is 90.0 cm³/mol. The minimum absolute atomic E-state index is 0.0113. The SMILES string of the molecule is CCOc1ccnc(N2CCC3(CC2)CC(O)CN(C(C)=O)C3)n1. The molecule has 2 aliphatic rings. The number of carbonyl (C=O) groups excluding carboxylic acids is 1. The van der Waals surface area contributed by atoms with Gasteiger partial charge in [0.2, 0.25) is 17.7 Å². The number of aliphatic hydroxyl groups is 1. The van der Waals surface area contributed by atoms with Gasteiger partial charge in [-0.1, -0.05) is 0 Å². The first kappa shape index (κ1) is 17.0. The summed E-state index contributed by atoms with van der Waals surface area (Å²) in [6, 6.07) is 1.76. The van der Waals surface area contributed by atoms with Crippen LogP contribution in [0.2, 0.25) is 0 Å². The van der Waals surface area contributed by atoms with E-state index in [1.807, 2.05) is 6.92 Å². The lowest BCUT2D eigenvalue weighted by Crippen LogP contribution is -2.55. The summed E-state index contributed by atoms with van der Waals surface area (Å²) < 4.78 is 5.45. The fraction of sp³-hybridized carbons (Fsp3) is 0.706. The summed E-state index contributed by atoms with van der Waals surface area (Å²) in [5.74, 6) is 1.33. The first-order valence-electron chi connectivity index (χ1n) is 8.66. The molecule has 24 heavy (non-hydrogen) atoms. The van der Waals surface area contributed by atoms with E-state index in [1.54, 1.807) is 24.1 Å². The fourth-order valence-electron chi connectivity index (χ4n) is 3.85. The van der Waals surface area contributed by atoms with Crippen molar-refractivity contribution in [2.75, 3.05) is 37.7 Å². The van der Waals surface area contributed by atoms with Crippen molar-refractivity contribution < 1.29 is 14.6 Å². The molecule has 0 radical (unpaired) electrons. The maximum absolute atomic E-state index is 11.7. The second kappa shape index (κ2) is 6.93. The van der Waals surface area contributed by atoms with E-state index in [0.717, 1.165) is 38.9 Å². The number of piperidine rings is 2. The lowest BCUT2D eigenvalue weighted by molar-refractivity contribution is -0.137. The van der Waals surface area contributed by atoms with Crippen molar-refractivity contribution in [1.29, 1.82) is 0 Å². The molecule has 2 fully saturated rings. The van der Waals surface area contributed by atoms with E-state index >= 15 is 0 Å². The molecule has 7 nitrogen and oxygen atoms in total. The fourth-order valence-corrected chi connectivity index (χ4v) is 3.85. The van der Waals surface area contributed by atoms with Crippen LogP contribution in [0.3, 0.4) is 0 Å². The number of aliphatic hydroxyl groups excluding tert-OH is 1. The Hall–Kier alpha value is -1.89. The standard InChI is InChI=1S/C17H26N4O3/c1-3-24-15-4-7-18-16(19-15)20-8-5-17(6-9-20)10-14(23)11-21(12-17)13(2)22/h4,7,14,23H,3,5-6,8-12H2,1-2H3. The van der Waals surface area contributed by atoms with Gasteiger partial charge in [-0.15, -0.1) is 0 Å². The van der Waals surface area contributed by atoms with Gasteiger partial charge in [-0.3, -0.25) is 4.79 Å². The number of nitrogens with zero attached hydrogens (tertiary/aromatic N) is 4. The van der Waals surface area contributed by atoms with Crippen LogP contribution < -0.4 is 9.64 Å². The highest BCUT2D eigenvalue weighted by atomic mass is 16.5. The van der Waals surface area contributed by atoms with Crippen LogP contribution >= 0.6 is 0 Å². The van der Waals surface area contributed by atoms with Gasteiger partial charge in [0, 0.05) is 45.4 Å². The Balaban J connectivity index is 1.66. The number of hydrogen-bond donors (Lipinski definition) is 1. The summed E-state index contributed by atoms with van der Waals surface area (Å²) in [5, 5.41) is 10.2. The van der Waals surface area contributed by atoms with Crippen LogP contribution in [0.4, 0.5) is 5.95 Å². The zero-order chi connectivity index (χ0) is 17.2.